The number of aromatic nitrogens is 4. The quantitative estimate of drug-likeness (QED) is 0.559. The summed E-state index contributed by atoms with van der Waals surface area (Å²) in [6, 6.07) is 13.6. The Balaban J connectivity index is 1.43. The number of nitrogens with zero attached hydrogens (tertiary/aromatic N) is 3. The molecule has 114 valence electrons. The van der Waals surface area contributed by atoms with Crippen LogP contribution >= 0.6 is 11.8 Å². The van der Waals surface area contributed by atoms with E-state index in [0.717, 1.165) is 16.4 Å². The molecule has 23 heavy (non-hydrogen) atoms. The summed E-state index contributed by atoms with van der Waals surface area (Å²) < 4.78 is 10.5. The lowest BCUT2D eigenvalue weighted by atomic mass is 10.2. The summed E-state index contributed by atoms with van der Waals surface area (Å²) in [5.74, 6) is 2.11. The maximum absolute atomic E-state index is 5.24. The van der Waals surface area contributed by atoms with Crippen LogP contribution in [0.25, 0.3) is 22.8 Å². The lowest BCUT2D eigenvalue weighted by Gasteiger charge is -1.95. The van der Waals surface area contributed by atoms with Crippen LogP contribution in [0.2, 0.25) is 0 Å². The smallest absolute Gasteiger partial charge is 0.238 e. The molecule has 4 rings (SSSR count). The molecule has 1 N–H and O–H groups in total. The molecule has 3 heterocycles. The van der Waals surface area contributed by atoms with E-state index in [1.54, 1.807) is 18.4 Å². The zero-order chi connectivity index (χ0) is 15.5. The van der Waals surface area contributed by atoms with Crippen molar-refractivity contribution in [2.45, 2.75) is 10.9 Å². The van der Waals surface area contributed by atoms with Crippen LogP contribution in [-0.2, 0) is 5.75 Å². The number of benzene rings is 1. The minimum atomic E-state index is 0.454. The summed E-state index contributed by atoms with van der Waals surface area (Å²) in [5, 5.41) is 4.71. The van der Waals surface area contributed by atoms with Gasteiger partial charge in [-0.3, -0.25) is 0 Å². The number of hydrogen-bond donors (Lipinski definition) is 1. The second-order valence-corrected chi connectivity index (χ2v) is 5.71. The molecule has 4 aromatic rings. The minimum absolute atomic E-state index is 0.454. The van der Waals surface area contributed by atoms with Gasteiger partial charge in [0.15, 0.2) is 10.9 Å². The van der Waals surface area contributed by atoms with E-state index in [9.17, 15) is 0 Å². The van der Waals surface area contributed by atoms with Crippen LogP contribution in [0.4, 0.5) is 0 Å². The molecule has 0 unspecified atom stereocenters. The predicted octanol–water partition coefficient (Wildman–Crippen LogP) is 4.01. The van der Waals surface area contributed by atoms with Crippen molar-refractivity contribution in [1.82, 2.24) is 20.1 Å². The maximum Gasteiger partial charge on any atom is 0.238 e. The first-order valence-electron chi connectivity index (χ1n) is 6.98. The van der Waals surface area contributed by atoms with E-state index in [1.165, 1.54) is 11.8 Å². The molecule has 6 nitrogen and oxygen atoms in total. The van der Waals surface area contributed by atoms with Gasteiger partial charge in [0.25, 0.3) is 0 Å². The SMILES string of the molecule is c1ccc(-c2cnc(SCc3nc(-c4ccco4)no3)[nH]2)cc1. The Kier molecular flexibility index (Phi) is 3.69. The number of hydrogen-bond acceptors (Lipinski definition) is 6. The van der Waals surface area contributed by atoms with Gasteiger partial charge < -0.3 is 13.9 Å². The normalized spacial score (nSPS) is 11.0. The van der Waals surface area contributed by atoms with E-state index in [1.807, 2.05) is 36.5 Å². The molecule has 0 bridgehead atoms. The average molecular weight is 324 g/mol. The van der Waals surface area contributed by atoms with Crippen molar-refractivity contribution in [2.24, 2.45) is 0 Å². The Morgan fingerprint density at radius 1 is 1.09 bits per heavy atom. The molecule has 0 spiro atoms. The number of nitrogens with one attached hydrogen (secondary N) is 1. The van der Waals surface area contributed by atoms with E-state index in [4.69, 9.17) is 8.94 Å². The lowest BCUT2D eigenvalue weighted by molar-refractivity contribution is 0.390. The van der Waals surface area contributed by atoms with Gasteiger partial charge in [0.1, 0.15) is 0 Å². The molecule has 0 fully saturated rings. The van der Waals surface area contributed by atoms with E-state index < -0.39 is 0 Å². The number of thioether (sulfide) groups is 1. The van der Waals surface area contributed by atoms with E-state index in [2.05, 4.69) is 20.1 Å². The Morgan fingerprint density at radius 2 is 2.00 bits per heavy atom. The Bertz CT molecular complexity index is 884. The van der Waals surface area contributed by atoms with Crippen LogP contribution in [0.5, 0.6) is 0 Å². The van der Waals surface area contributed by atoms with Gasteiger partial charge in [-0.25, -0.2) is 4.98 Å². The first kappa shape index (κ1) is 13.8. The van der Waals surface area contributed by atoms with Crippen molar-refractivity contribution in [3.8, 4) is 22.8 Å². The van der Waals surface area contributed by atoms with Crippen LogP contribution in [0.1, 0.15) is 5.89 Å². The third kappa shape index (κ3) is 3.04. The second-order valence-electron chi connectivity index (χ2n) is 4.75. The Labute approximate surface area is 135 Å². The van der Waals surface area contributed by atoms with E-state index in [0.29, 0.717) is 23.2 Å². The molecule has 0 radical (unpaired) electrons. The molecule has 0 aliphatic carbocycles. The van der Waals surface area contributed by atoms with E-state index in [-0.39, 0.29) is 0 Å². The number of furan rings is 1. The summed E-state index contributed by atoms with van der Waals surface area (Å²) >= 11 is 1.51. The highest BCUT2D eigenvalue weighted by Crippen LogP contribution is 2.24. The maximum atomic E-state index is 5.24. The molecule has 1 aromatic carbocycles. The van der Waals surface area contributed by atoms with Gasteiger partial charge in [-0.2, -0.15) is 4.98 Å². The number of aromatic amines is 1. The van der Waals surface area contributed by atoms with Crippen LogP contribution in [-0.4, -0.2) is 20.1 Å². The molecule has 0 saturated carbocycles. The van der Waals surface area contributed by atoms with Crippen molar-refractivity contribution in [1.29, 1.82) is 0 Å². The molecular formula is C16H12N4O2S. The third-order valence-electron chi connectivity index (χ3n) is 3.18. The Morgan fingerprint density at radius 3 is 2.83 bits per heavy atom. The molecule has 0 saturated heterocycles. The highest BCUT2D eigenvalue weighted by atomic mass is 32.2. The van der Waals surface area contributed by atoms with Gasteiger partial charge in [0, 0.05) is 0 Å². The van der Waals surface area contributed by atoms with Gasteiger partial charge in [0.2, 0.25) is 11.7 Å². The molecule has 0 aliphatic heterocycles. The highest BCUT2D eigenvalue weighted by Gasteiger charge is 2.12. The molecule has 0 amide bonds. The van der Waals surface area contributed by atoms with Gasteiger partial charge in [0.05, 0.1) is 23.9 Å². The van der Waals surface area contributed by atoms with Crippen molar-refractivity contribution < 1.29 is 8.94 Å². The van der Waals surface area contributed by atoms with Crippen LogP contribution in [0.3, 0.4) is 0 Å². The zero-order valence-electron chi connectivity index (χ0n) is 12.0. The van der Waals surface area contributed by atoms with Crippen LogP contribution in [0.15, 0.2) is 69.0 Å². The molecule has 3 aromatic heterocycles. The summed E-state index contributed by atoms with van der Waals surface area (Å²) in [6.07, 6.45) is 3.40. The van der Waals surface area contributed by atoms with Crippen LogP contribution in [0, 0.1) is 0 Å². The number of imidazole rings is 1. The molecule has 0 aliphatic rings. The zero-order valence-corrected chi connectivity index (χ0v) is 12.8. The van der Waals surface area contributed by atoms with Gasteiger partial charge in [-0.05, 0) is 17.7 Å². The summed E-state index contributed by atoms with van der Waals surface area (Å²) in [5.41, 5.74) is 2.08. The second kappa shape index (κ2) is 6.13. The first-order chi connectivity index (χ1) is 11.4. The van der Waals surface area contributed by atoms with Crippen molar-refractivity contribution in [3.05, 3.63) is 60.8 Å². The molecule has 7 heteroatoms. The topological polar surface area (TPSA) is 80.7 Å². The van der Waals surface area contributed by atoms with Crippen LogP contribution < -0.4 is 0 Å². The standard InChI is InChI=1S/C16H12N4O2S/c1-2-5-11(6-3-1)12-9-17-16(18-12)23-10-14-19-15(20-22-14)13-7-4-8-21-13/h1-9H,10H2,(H,17,18). The number of rotatable bonds is 5. The van der Waals surface area contributed by atoms with Crippen molar-refractivity contribution in [2.75, 3.05) is 0 Å². The van der Waals surface area contributed by atoms with Gasteiger partial charge >= 0.3 is 0 Å². The lowest BCUT2D eigenvalue weighted by Crippen LogP contribution is -1.83. The fourth-order valence-corrected chi connectivity index (χ4v) is 2.78. The van der Waals surface area contributed by atoms with Gasteiger partial charge in [-0.1, -0.05) is 47.3 Å². The number of H-pyrrole nitrogens is 1. The largest absolute Gasteiger partial charge is 0.461 e. The minimum Gasteiger partial charge on any atom is -0.461 e. The first-order valence-corrected chi connectivity index (χ1v) is 7.97. The average Bonchev–Trinajstić information content (AvgIpc) is 3.33. The molecule has 0 atom stereocenters. The van der Waals surface area contributed by atoms with Crippen molar-refractivity contribution in [3.63, 3.8) is 0 Å². The fraction of sp³-hybridized carbons (Fsp3) is 0.0625. The van der Waals surface area contributed by atoms with Gasteiger partial charge in [-0.15, -0.1) is 0 Å². The summed E-state index contributed by atoms with van der Waals surface area (Å²) in [6.45, 7) is 0. The fourth-order valence-electron chi connectivity index (χ4n) is 2.09. The summed E-state index contributed by atoms with van der Waals surface area (Å²) in [4.78, 5) is 11.9. The monoisotopic (exact) mass is 324 g/mol. The third-order valence-corrected chi connectivity index (χ3v) is 4.05. The summed E-state index contributed by atoms with van der Waals surface area (Å²) in [7, 11) is 0. The highest BCUT2D eigenvalue weighted by molar-refractivity contribution is 7.98. The Hall–Kier alpha value is -2.80. The van der Waals surface area contributed by atoms with Crippen molar-refractivity contribution >= 4 is 11.8 Å². The molecular weight excluding hydrogens is 312 g/mol. The van der Waals surface area contributed by atoms with E-state index >= 15 is 0 Å². The predicted molar refractivity (Wildman–Crippen MR) is 85.6 cm³/mol.